The van der Waals surface area contributed by atoms with Crippen molar-refractivity contribution in [3.05, 3.63) is 76.7 Å². The summed E-state index contributed by atoms with van der Waals surface area (Å²) in [7, 11) is 1.72. The Bertz CT molecular complexity index is 1340. The van der Waals surface area contributed by atoms with Crippen LogP contribution in [0.4, 0.5) is 11.5 Å². The molecule has 4 aromatic rings. The predicted molar refractivity (Wildman–Crippen MR) is 137 cm³/mol. The molecule has 0 atom stereocenters. The van der Waals surface area contributed by atoms with Crippen molar-refractivity contribution in [2.75, 3.05) is 29.9 Å². The van der Waals surface area contributed by atoms with Gasteiger partial charge >= 0.3 is 0 Å². The van der Waals surface area contributed by atoms with E-state index in [-0.39, 0.29) is 11.8 Å². The van der Waals surface area contributed by atoms with Crippen molar-refractivity contribution in [3.8, 4) is 0 Å². The van der Waals surface area contributed by atoms with Crippen molar-refractivity contribution >= 4 is 44.9 Å². The van der Waals surface area contributed by atoms with E-state index in [0.717, 1.165) is 29.7 Å². The van der Waals surface area contributed by atoms with Gasteiger partial charge in [-0.15, -0.1) is 11.3 Å². The third kappa shape index (κ3) is 4.05. The summed E-state index contributed by atoms with van der Waals surface area (Å²) in [5, 5.41) is 11.2. The van der Waals surface area contributed by atoms with Crippen molar-refractivity contribution in [1.29, 1.82) is 0 Å². The van der Waals surface area contributed by atoms with Gasteiger partial charge in [0.1, 0.15) is 10.6 Å². The Kier molecular flexibility index (Phi) is 5.61. The summed E-state index contributed by atoms with van der Waals surface area (Å²) in [6.07, 6.45) is 1.21. The number of nitrogens with zero attached hydrogens (tertiary/aromatic N) is 3. The minimum atomic E-state index is -0.524. The lowest BCUT2D eigenvalue weighted by molar-refractivity contribution is 0.0915. The fourth-order valence-corrected chi connectivity index (χ4v) is 5.01. The van der Waals surface area contributed by atoms with Gasteiger partial charge in [-0.05, 0) is 56.2 Å². The van der Waals surface area contributed by atoms with E-state index in [1.807, 2.05) is 68.4 Å². The first kappa shape index (κ1) is 22.2. The van der Waals surface area contributed by atoms with Crippen LogP contribution in [0.2, 0.25) is 0 Å². The van der Waals surface area contributed by atoms with E-state index >= 15 is 0 Å². The summed E-state index contributed by atoms with van der Waals surface area (Å²) in [5.41, 5.74) is 2.24. The van der Waals surface area contributed by atoms with Gasteiger partial charge in [0.15, 0.2) is 0 Å². The van der Waals surface area contributed by atoms with Crippen molar-refractivity contribution < 1.29 is 9.59 Å². The molecule has 1 aliphatic rings. The number of benzene rings is 2. The SMILES string of the molecule is CN(C(=O)c1ccc(N2CCC2)cc1)c1[nH]nc2sc(C(=O)NC(C)(C)c3ccccc3)cc12. The zero-order valence-electron chi connectivity index (χ0n) is 19.5. The van der Waals surface area contributed by atoms with Gasteiger partial charge in [0, 0.05) is 31.4 Å². The van der Waals surface area contributed by atoms with Gasteiger partial charge in [-0.2, -0.15) is 5.10 Å². The molecule has 0 bridgehead atoms. The molecule has 1 aliphatic heterocycles. The van der Waals surface area contributed by atoms with Gasteiger partial charge in [-0.1, -0.05) is 30.3 Å². The van der Waals surface area contributed by atoms with Crippen LogP contribution in [0.15, 0.2) is 60.7 Å². The Hall–Kier alpha value is -3.65. The summed E-state index contributed by atoms with van der Waals surface area (Å²) < 4.78 is 0. The highest BCUT2D eigenvalue weighted by molar-refractivity contribution is 7.20. The van der Waals surface area contributed by atoms with Gasteiger partial charge in [0.25, 0.3) is 11.8 Å². The van der Waals surface area contributed by atoms with Crippen molar-refractivity contribution in [2.24, 2.45) is 0 Å². The average Bonchev–Trinajstić information content (AvgIpc) is 3.39. The number of fused-ring (bicyclic) bond motifs is 1. The first-order valence-electron chi connectivity index (χ1n) is 11.3. The molecule has 2 amide bonds. The van der Waals surface area contributed by atoms with Gasteiger partial charge < -0.3 is 10.2 Å². The number of amides is 2. The Balaban J connectivity index is 1.34. The van der Waals surface area contributed by atoms with Crippen molar-refractivity contribution in [3.63, 3.8) is 0 Å². The Labute approximate surface area is 202 Å². The molecule has 2 N–H and O–H groups in total. The molecule has 8 heteroatoms. The number of hydrogen-bond donors (Lipinski definition) is 2. The Morgan fingerprint density at radius 3 is 2.44 bits per heavy atom. The molecule has 0 spiro atoms. The maximum Gasteiger partial charge on any atom is 0.262 e. The van der Waals surface area contributed by atoms with E-state index in [1.54, 1.807) is 18.0 Å². The third-order valence-electron chi connectivity index (χ3n) is 6.35. The lowest BCUT2D eigenvalue weighted by Gasteiger charge is -2.33. The number of nitrogens with one attached hydrogen (secondary N) is 2. The fraction of sp³-hybridized carbons (Fsp3) is 0.269. The van der Waals surface area contributed by atoms with Crippen LogP contribution in [-0.4, -0.2) is 42.1 Å². The van der Waals surface area contributed by atoms with E-state index in [0.29, 0.717) is 21.1 Å². The monoisotopic (exact) mass is 473 g/mol. The average molecular weight is 474 g/mol. The maximum absolute atomic E-state index is 13.1. The van der Waals surface area contributed by atoms with E-state index in [1.165, 1.54) is 17.8 Å². The first-order chi connectivity index (χ1) is 16.3. The van der Waals surface area contributed by atoms with E-state index in [4.69, 9.17) is 0 Å². The fourth-order valence-electron chi connectivity index (χ4n) is 4.12. The zero-order valence-corrected chi connectivity index (χ0v) is 20.3. The molecule has 2 aromatic carbocycles. The summed E-state index contributed by atoms with van der Waals surface area (Å²) >= 11 is 1.30. The van der Waals surface area contributed by atoms with Crippen LogP contribution in [0.25, 0.3) is 10.2 Å². The quantitative estimate of drug-likeness (QED) is 0.422. The number of carbonyl (C=O) groups is 2. The molecule has 0 radical (unpaired) electrons. The number of rotatable bonds is 6. The molecule has 1 saturated heterocycles. The molecule has 0 aliphatic carbocycles. The van der Waals surface area contributed by atoms with Gasteiger partial charge in [0.05, 0.1) is 15.8 Å². The molecule has 174 valence electrons. The molecule has 3 heterocycles. The number of aromatic amines is 1. The summed E-state index contributed by atoms with van der Waals surface area (Å²) in [5.74, 6) is 0.269. The van der Waals surface area contributed by atoms with Crippen LogP contribution in [0.3, 0.4) is 0 Å². The number of hydrogen-bond acceptors (Lipinski definition) is 5. The summed E-state index contributed by atoms with van der Waals surface area (Å²) in [4.78, 5) is 31.2. The van der Waals surface area contributed by atoms with Crippen LogP contribution < -0.4 is 15.1 Å². The summed E-state index contributed by atoms with van der Waals surface area (Å²) in [6.45, 7) is 6.08. The predicted octanol–water partition coefficient (Wildman–Crippen LogP) is 4.78. The lowest BCUT2D eigenvalue weighted by Crippen LogP contribution is -2.40. The standard InChI is InChI=1S/C26H27N5O2S/c1-26(2,18-8-5-4-6-9-18)27-23(32)21-16-20-22(28-29-24(20)34-21)30(3)25(33)17-10-12-19(13-11-17)31-14-7-15-31/h4-6,8-13,16H,7,14-15H2,1-3H3,(H,27,32)(H,28,29). The zero-order chi connectivity index (χ0) is 23.9. The van der Waals surface area contributed by atoms with Crippen LogP contribution in [0.5, 0.6) is 0 Å². The molecular weight excluding hydrogens is 446 g/mol. The van der Waals surface area contributed by atoms with Crippen LogP contribution in [0, 0.1) is 0 Å². The molecule has 34 heavy (non-hydrogen) atoms. The number of thiophene rings is 1. The number of H-pyrrole nitrogens is 1. The smallest absolute Gasteiger partial charge is 0.262 e. The second-order valence-electron chi connectivity index (χ2n) is 9.10. The molecule has 0 saturated carbocycles. The minimum absolute atomic E-state index is 0.136. The van der Waals surface area contributed by atoms with Gasteiger partial charge in [-0.3, -0.25) is 19.6 Å². The molecule has 0 unspecified atom stereocenters. The molecule has 7 nitrogen and oxygen atoms in total. The minimum Gasteiger partial charge on any atom is -0.371 e. The largest absolute Gasteiger partial charge is 0.371 e. The highest BCUT2D eigenvalue weighted by Gasteiger charge is 2.26. The second kappa shape index (κ2) is 8.61. The topological polar surface area (TPSA) is 81.3 Å². The highest BCUT2D eigenvalue weighted by Crippen LogP contribution is 2.32. The van der Waals surface area contributed by atoms with Crippen LogP contribution in [0.1, 0.15) is 45.9 Å². The summed E-state index contributed by atoms with van der Waals surface area (Å²) in [6, 6.07) is 19.4. The third-order valence-corrected chi connectivity index (χ3v) is 7.38. The highest BCUT2D eigenvalue weighted by atomic mass is 32.1. The normalized spacial score (nSPS) is 13.6. The van der Waals surface area contributed by atoms with Crippen LogP contribution >= 0.6 is 11.3 Å². The maximum atomic E-state index is 13.1. The number of carbonyl (C=O) groups excluding carboxylic acids is 2. The molecule has 1 fully saturated rings. The number of aromatic nitrogens is 2. The van der Waals surface area contributed by atoms with E-state index in [9.17, 15) is 9.59 Å². The van der Waals surface area contributed by atoms with Gasteiger partial charge in [-0.25, -0.2) is 0 Å². The van der Waals surface area contributed by atoms with Crippen LogP contribution in [-0.2, 0) is 5.54 Å². The second-order valence-corrected chi connectivity index (χ2v) is 10.1. The van der Waals surface area contributed by atoms with E-state index < -0.39 is 5.54 Å². The van der Waals surface area contributed by atoms with Gasteiger partial charge in [0.2, 0.25) is 0 Å². The van der Waals surface area contributed by atoms with E-state index in [2.05, 4.69) is 20.4 Å². The lowest BCUT2D eigenvalue weighted by atomic mass is 9.94. The Morgan fingerprint density at radius 1 is 1.09 bits per heavy atom. The molecule has 2 aromatic heterocycles. The van der Waals surface area contributed by atoms with Crippen molar-refractivity contribution in [2.45, 2.75) is 25.8 Å². The first-order valence-corrected chi connectivity index (χ1v) is 12.1. The molecule has 5 rings (SSSR count). The Morgan fingerprint density at radius 2 is 1.79 bits per heavy atom. The van der Waals surface area contributed by atoms with Crippen molar-refractivity contribution in [1.82, 2.24) is 15.5 Å². The number of anilines is 2. The molecular formula is C26H27N5O2S.